The van der Waals surface area contributed by atoms with Gasteiger partial charge in [0.1, 0.15) is 0 Å². The van der Waals surface area contributed by atoms with E-state index < -0.39 is 0 Å². The molecule has 0 unspecified atom stereocenters. The average molecular weight is 658 g/mol. The van der Waals surface area contributed by atoms with Crippen LogP contribution >= 0.6 is 11.3 Å². The van der Waals surface area contributed by atoms with Crippen LogP contribution < -0.4 is 0 Å². The van der Waals surface area contributed by atoms with Crippen molar-refractivity contribution in [3.63, 3.8) is 0 Å². The first-order valence-corrected chi connectivity index (χ1v) is 17.6. The lowest BCUT2D eigenvalue weighted by molar-refractivity contribution is 1.07. The van der Waals surface area contributed by atoms with E-state index in [4.69, 9.17) is 15.0 Å². The first kappa shape index (κ1) is 29.9. The van der Waals surface area contributed by atoms with Gasteiger partial charge in [-0.3, -0.25) is 0 Å². The summed E-state index contributed by atoms with van der Waals surface area (Å²) in [6.07, 6.45) is 0. The summed E-state index contributed by atoms with van der Waals surface area (Å²) in [4.78, 5) is 14.8. The first-order valence-electron chi connectivity index (χ1n) is 16.8. The predicted octanol–water partition coefficient (Wildman–Crippen LogP) is 12.5. The second-order valence-corrected chi connectivity index (χ2v) is 13.5. The van der Waals surface area contributed by atoms with Crippen molar-refractivity contribution < 1.29 is 0 Å². The smallest absolute Gasteiger partial charge is 0.164 e. The van der Waals surface area contributed by atoms with Crippen LogP contribution in [-0.4, -0.2) is 15.0 Å². The van der Waals surface area contributed by atoms with Crippen LogP contribution in [0.2, 0.25) is 0 Å². The largest absolute Gasteiger partial charge is 0.208 e. The molecule has 2 aromatic heterocycles. The van der Waals surface area contributed by atoms with E-state index in [0.29, 0.717) is 17.5 Å². The lowest BCUT2D eigenvalue weighted by Crippen LogP contribution is -2.00. The summed E-state index contributed by atoms with van der Waals surface area (Å²) in [6.45, 7) is 2.09. The van der Waals surface area contributed by atoms with Gasteiger partial charge < -0.3 is 0 Å². The van der Waals surface area contributed by atoms with E-state index >= 15 is 0 Å². The van der Waals surface area contributed by atoms with E-state index in [0.717, 1.165) is 22.3 Å². The number of benzene rings is 7. The fraction of sp³-hybridized carbons (Fsp3) is 0.0217. The Hall–Kier alpha value is -6.23. The number of thiophene rings is 1. The minimum atomic E-state index is 0.657. The third-order valence-corrected chi connectivity index (χ3v) is 10.5. The molecule has 0 spiro atoms. The van der Waals surface area contributed by atoms with Crippen molar-refractivity contribution >= 4 is 31.5 Å². The highest BCUT2D eigenvalue weighted by atomic mass is 32.1. The van der Waals surface area contributed by atoms with Crippen LogP contribution in [-0.2, 0) is 0 Å². The number of aromatic nitrogens is 3. The molecule has 0 N–H and O–H groups in total. The van der Waals surface area contributed by atoms with Crippen LogP contribution in [0.1, 0.15) is 5.56 Å². The fourth-order valence-corrected chi connectivity index (χ4v) is 8.05. The van der Waals surface area contributed by atoms with Crippen molar-refractivity contribution in [2.24, 2.45) is 0 Å². The number of hydrogen-bond donors (Lipinski definition) is 0. The van der Waals surface area contributed by atoms with E-state index in [9.17, 15) is 0 Å². The van der Waals surface area contributed by atoms with Crippen LogP contribution in [0.4, 0.5) is 0 Å². The maximum Gasteiger partial charge on any atom is 0.164 e. The zero-order valence-electron chi connectivity index (χ0n) is 27.4. The molecule has 0 saturated heterocycles. The van der Waals surface area contributed by atoms with Gasteiger partial charge in [-0.15, -0.1) is 11.3 Å². The Kier molecular flexibility index (Phi) is 7.57. The van der Waals surface area contributed by atoms with Gasteiger partial charge >= 0.3 is 0 Å². The third-order valence-electron chi connectivity index (χ3n) is 9.23. The zero-order valence-corrected chi connectivity index (χ0v) is 28.2. The predicted molar refractivity (Wildman–Crippen MR) is 210 cm³/mol. The Bertz CT molecular complexity index is 2630. The molecule has 236 valence electrons. The van der Waals surface area contributed by atoms with Gasteiger partial charge in [0.2, 0.25) is 0 Å². The van der Waals surface area contributed by atoms with Gasteiger partial charge in [-0.2, -0.15) is 0 Å². The van der Waals surface area contributed by atoms with Crippen LogP contribution in [0.3, 0.4) is 0 Å². The normalized spacial score (nSPS) is 11.3. The minimum absolute atomic E-state index is 0.657. The second kappa shape index (κ2) is 12.7. The van der Waals surface area contributed by atoms with Crippen molar-refractivity contribution in [1.82, 2.24) is 15.0 Å². The van der Waals surface area contributed by atoms with Crippen LogP contribution in [0.25, 0.3) is 87.7 Å². The lowest BCUT2D eigenvalue weighted by Gasteiger charge is -2.10. The van der Waals surface area contributed by atoms with Gasteiger partial charge in [-0.25, -0.2) is 15.0 Å². The van der Waals surface area contributed by atoms with Crippen molar-refractivity contribution in [3.05, 3.63) is 175 Å². The highest BCUT2D eigenvalue weighted by Crippen LogP contribution is 2.44. The highest BCUT2D eigenvalue weighted by Gasteiger charge is 2.16. The lowest BCUT2D eigenvalue weighted by atomic mass is 9.98. The summed E-state index contributed by atoms with van der Waals surface area (Å²) in [5, 5.41) is 2.57. The second-order valence-electron chi connectivity index (χ2n) is 12.5. The molecule has 0 radical (unpaired) electrons. The number of rotatable bonds is 6. The van der Waals surface area contributed by atoms with Crippen molar-refractivity contribution in [2.75, 3.05) is 0 Å². The molecule has 0 aliphatic heterocycles. The Morgan fingerprint density at radius 3 is 1.28 bits per heavy atom. The van der Waals surface area contributed by atoms with Gasteiger partial charge in [0.05, 0.1) is 0 Å². The molecule has 50 heavy (non-hydrogen) atoms. The third kappa shape index (κ3) is 5.56. The first-order chi connectivity index (χ1) is 24.7. The molecule has 0 amide bonds. The molecule has 4 heteroatoms. The number of fused-ring (bicyclic) bond motifs is 3. The van der Waals surface area contributed by atoms with Crippen LogP contribution in [0, 0.1) is 6.92 Å². The van der Waals surface area contributed by atoms with Crippen molar-refractivity contribution in [3.8, 4) is 67.5 Å². The van der Waals surface area contributed by atoms with E-state index in [1.807, 2.05) is 47.7 Å². The van der Waals surface area contributed by atoms with E-state index in [1.54, 1.807) is 0 Å². The molecule has 9 aromatic rings. The Morgan fingerprint density at radius 1 is 0.340 bits per heavy atom. The van der Waals surface area contributed by atoms with E-state index in [-0.39, 0.29) is 0 Å². The number of aryl methyl sites for hydroxylation is 1. The van der Waals surface area contributed by atoms with Gasteiger partial charge in [-0.1, -0.05) is 169 Å². The molecule has 0 fully saturated rings. The summed E-state index contributed by atoms with van der Waals surface area (Å²) in [6, 6.07) is 59.9. The maximum absolute atomic E-state index is 4.96. The molecule has 2 heterocycles. The van der Waals surface area contributed by atoms with Crippen molar-refractivity contribution in [1.29, 1.82) is 0 Å². The molecule has 7 aromatic carbocycles. The summed E-state index contributed by atoms with van der Waals surface area (Å²) >= 11 is 1.87. The highest BCUT2D eigenvalue weighted by molar-refractivity contribution is 7.26. The Labute approximate surface area is 295 Å². The van der Waals surface area contributed by atoms with Gasteiger partial charge in [0.25, 0.3) is 0 Å². The Morgan fingerprint density at radius 2 is 0.740 bits per heavy atom. The molecule has 0 bridgehead atoms. The topological polar surface area (TPSA) is 38.7 Å². The molecular formula is C46H31N3S. The molecule has 0 aliphatic rings. The molecule has 0 atom stereocenters. The van der Waals surface area contributed by atoms with Gasteiger partial charge in [0.15, 0.2) is 17.5 Å². The van der Waals surface area contributed by atoms with Crippen LogP contribution in [0.15, 0.2) is 170 Å². The Balaban J connectivity index is 1.10. The molecule has 9 rings (SSSR count). The molecule has 3 nitrogen and oxygen atoms in total. The summed E-state index contributed by atoms with van der Waals surface area (Å²) in [5.41, 5.74) is 11.4. The quantitative estimate of drug-likeness (QED) is 0.179. The maximum atomic E-state index is 4.96. The molecular weight excluding hydrogens is 627 g/mol. The van der Waals surface area contributed by atoms with E-state index in [1.165, 1.54) is 53.6 Å². The monoisotopic (exact) mass is 657 g/mol. The fourth-order valence-electron chi connectivity index (χ4n) is 6.68. The summed E-state index contributed by atoms with van der Waals surface area (Å²) in [5.74, 6) is 1.99. The van der Waals surface area contributed by atoms with Gasteiger partial charge in [0, 0.05) is 36.9 Å². The SMILES string of the molecule is Cc1cccc(-c2nc(-c3ccccc3)nc(-c3ccc(-c4cccc5c4sc4c(-c6ccc(-c7ccccc7)cc6)cccc45)cc3)n2)c1. The number of nitrogens with zero attached hydrogens (tertiary/aromatic N) is 3. The van der Waals surface area contributed by atoms with E-state index in [2.05, 4.69) is 140 Å². The molecule has 0 aliphatic carbocycles. The molecule has 0 saturated carbocycles. The minimum Gasteiger partial charge on any atom is -0.208 e. The summed E-state index contributed by atoms with van der Waals surface area (Å²) in [7, 11) is 0. The van der Waals surface area contributed by atoms with Crippen molar-refractivity contribution in [2.45, 2.75) is 6.92 Å². The number of hydrogen-bond acceptors (Lipinski definition) is 4. The zero-order chi connectivity index (χ0) is 33.4. The summed E-state index contributed by atoms with van der Waals surface area (Å²) < 4.78 is 2.60. The van der Waals surface area contributed by atoms with Crippen LogP contribution in [0.5, 0.6) is 0 Å². The average Bonchev–Trinajstić information content (AvgIpc) is 3.58. The van der Waals surface area contributed by atoms with Gasteiger partial charge in [-0.05, 0) is 46.4 Å². The standard InChI is InChI=1S/C46H31N3S/c1-30-11-8-16-37(29-30)46-48-44(35-14-6-3-7-15-35)47-45(49-46)36-27-25-34(26-28-36)39-18-10-20-41-40-19-9-17-38(42(40)50-43(39)41)33-23-21-32(22-24-33)31-12-4-2-5-13-31/h2-29H,1H3.